The molecule has 9 nitrogen and oxygen atoms in total. The number of carboxylic acid groups (broad SMARTS) is 1. The van der Waals surface area contributed by atoms with Gasteiger partial charge in [-0.25, -0.2) is 9.59 Å². The van der Waals surface area contributed by atoms with E-state index in [2.05, 4.69) is 10.6 Å². The van der Waals surface area contributed by atoms with Crippen molar-refractivity contribution in [1.82, 2.24) is 15.5 Å². The monoisotopic (exact) mass is 300 g/mol. The highest BCUT2D eigenvalue weighted by Crippen LogP contribution is 2.10. The minimum atomic E-state index is -1.22. The van der Waals surface area contributed by atoms with Crippen molar-refractivity contribution in [2.45, 2.75) is 38.3 Å². The van der Waals surface area contributed by atoms with Crippen molar-refractivity contribution in [2.75, 3.05) is 13.1 Å². The van der Waals surface area contributed by atoms with Crippen LogP contribution in [-0.4, -0.2) is 59.0 Å². The zero-order valence-corrected chi connectivity index (χ0v) is 11.8. The van der Waals surface area contributed by atoms with Gasteiger partial charge in [0.1, 0.15) is 6.04 Å². The van der Waals surface area contributed by atoms with Gasteiger partial charge in [0.25, 0.3) is 0 Å². The Kier molecular flexibility index (Phi) is 5.94. The maximum absolute atomic E-state index is 12.0. The summed E-state index contributed by atoms with van der Waals surface area (Å²) in [5.74, 6) is -2.02. The van der Waals surface area contributed by atoms with Crippen LogP contribution in [0, 0.1) is 0 Å². The van der Waals surface area contributed by atoms with Crippen molar-refractivity contribution in [1.29, 1.82) is 0 Å². The van der Waals surface area contributed by atoms with Crippen molar-refractivity contribution < 1.29 is 24.3 Å². The van der Waals surface area contributed by atoms with Crippen LogP contribution in [0.1, 0.15) is 26.2 Å². The number of urea groups is 1. The minimum Gasteiger partial charge on any atom is -0.480 e. The van der Waals surface area contributed by atoms with Gasteiger partial charge < -0.3 is 26.4 Å². The lowest BCUT2D eigenvalue weighted by Gasteiger charge is -2.21. The number of likely N-dealkylation sites (tertiary alicyclic amines) is 1. The summed E-state index contributed by atoms with van der Waals surface area (Å²) < 4.78 is 0. The Morgan fingerprint density at radius 3 is 2.57 bits per heavy atom. The summed E-state index contributed by atoms with van der Waals surface area (Å²) in [5, 5.41) is 14.1. The zero-order valence-electron chi connectivity index (χ0n) is 11.8. The van der Waals surface area contributed by atoms with Crippen molar-refractivity contribution in [3.05, 3.63) is 0 Å². The topological polar surface area (TPSA) is 142 Å². The van der Waals surface area contributed by atoms with Gasteiger partial charge >= 0.3 is 12.0 Å². The van der Waals surface area contributed by atoms with E-state index in [1.807, 2.05) is 0 Å². The lowest BCUT2D eigenvalue weighted by Crippen LogP contribution is -2.48. The number of carbonyl (C=O) groups is 4. The first-order valence-electron chi connectivity index (χ1n) is 6.63. The fourth-order valence-corrected chi connectivity index (χ4v) is 2.13. The first-order valence-corrected chi connectivity index (χ1v) is 6.63. The lowest BCUT2D eigenvalue weighted by atomic mass is 10.1. The van der Waals surface area contributed by atoms with Crippen LogP contribution in [0.25, 0.3) is 0 Å². The number of nitrogens with one attached hydrogen (secondary N) is 2. The largest absolute Gasteiger partial charge is 0.480 e. The predicted octanol–water partition coefficient (Wildman–Crippen LogP) is -1.37. The summed E-state index contributed by atoms with van der Waals surface area (Å²) >= 11 is 0. The first kappa shape index (κ1) is 16.7. The van der Waals surface area contributed by atoms with Crippen LogP contribution in [0.4, 0.5) is 4.79 Å². The fourth-order valence-electron chi connectivity index (χ4n) is 2.13. The highest BCUT2D eigenvalue weighted by molar-refractivity contribution is 5.83. The number of carbonyl (C=O) groups excluding carboxylic acids is 3. The van der Waals surface area contributed by atoms with E-state index >= 15 is 0 Å². The molecule has 1 fully saturated rings. The highest BCUT2D eigenvalue weighted by Gasteiger charge is 2.29. The van der Waals surface area contributed by atoms with Gasteiger partial charge in [0.05, 0.1) is 0 Å². The molecule has 5 N–H and O–H groups in total. The Balaban J connectivity index is 2.48. The fraction of sp³-hybridized carbons (Fsp3) is 0.667. The third-order valence-electron chi connectivity index (χ3n) is 3.16. The summed E-state index contributed by atoms with van der Waals surface area (Å²) in [4.78, 5) is 46.0. The van der Waals surface area contributed by atoms with E-state index in [1.54, 1.807) is 0 Å². The predicted molar refractivity (Wildman–Crippen MR) is 72.2 cm³/mol. The van der Waals surface area contributed by atoms with E-state index in [1.165, 1.54) is 11.8 Å². The van der Waals surface area contributed by atoms with Crippen LogP contribution < -0.4 is 16.4 Å². The Hall–Kier alpha value is -2.32. The number of carboxylic acids is 1. The summed E-state index contributed by atoms with van der Waals surface area (Å²) in [6, 6.07) is -1.81. The maximum Gasteiger partial charge on any atom is 0.326 e. The minimum absolute atomic E-state index is 0.0562. The van der Waals surface area contributed by atoms with Crippen molar-refractivity contribution >= 4 is 23.8 Å². The standard InChI is InChI=1S/C12H20N4O5/c1-7(17)14-8-4-5-16(6-8)12(21)15-9(11(19)20)2-3-10(13)18/h8-9H,2-6H2,1H3,(H2,13,18)(H,14,17)(H,15,21)(H,19,20). The van der Waals surface area contributed by atoms with Gasteiger partial charge in [0.15, 0.2) is 0 Å². The van der Waals surface area contributed by atoms with Crippen LogP contribution in [0.3, 0.4) is 0 Å². The molecule has 0 saturated carbocycles. The van der Waals surface area contributed by atoms with Gasteiger partial charge in [-0.05, 0) is 12.8 Å². The Labute approximate surface area is 121 Å². The second-order valence-electron chi connectivity index (χ2n) is 4.98. The molecule has 4 amide bonds. The Morgan fingerprint density at radius 1 is 1.38 bits per heavy atom. The highest BCUT2D eigenvalue weighted by atomic mass is 16.4. The Morgan fingerprint density at radius 2 is 2.05 bits per heavy atom. The number of hydrogen-bond donors (Lipinski definition) is 4. The van der Waals surface area contributed by atoms with Crippen molar-refractivity contribution in [3.8, 4) is 0 Å². The Bertz CT molecular complexity index is 439. The zero-order chi connectivity index (χ0) is 16.0. The molecular formula is C12H20N4O5. The van der Waals surface area contributed by atoms with E-state index in [0.717, 1.165) is 0 Å². The molecule has 1 rings (SSSR count). The number of primary amides is 1. The number of amides is 4. The molecule has 9 heteroatoms. The molecule has 1 aliphatic heterocycles. The van der Waals surface area contributed by atoms with Gasteiger partial charge in [-0.3, -0.25) is 9.59 Å². The summed E-state index contributed by atoms with van der Waals surface area (Å²) in [6.45, 7) is 2.15. The number of nitrogens with zero attached hydrogens (tertiary/aromatic N) is 1. The number of aliphatic carboxylic acids is 1. The molecule has 1 heterocycles. The molecule has 0 bridgehead atoms. The lowest BCUT2D eigenvalue weighted by molar-refractivity contribution is -0.139. The van der Waals surface area contributed by atoms with Gasteiger partial charge in [0, 0.05) is 32.5 Å². The molecule has 0 aromatic carbocycles. The average molecular weight is 300 g/mol. The van der Waals surface area contributed by atoms with Crippen LogP contribution >= 0.6 is 0 Å². The van der Waals surface area contributed by atoms with Crippen LogP contribution in [0.5, 0.6) is 0 Å². The molecule has 2 unspecified atom stereocenters. The van der Waals surface area contributed by atoms with Crippen LogP contribution in [0.2, 0.25) is 0 Å². The molecule has 1 aliphatic rings. The van der Waals surface area contributed by atoms with E-state index < -0.39 is 23.9 Å². The molecule has 0 aromatic heterocycles. The second kappa shape index (κ2) is 7.46. The van der Waals surface area contributed by atoms with Gasteiger partial charge in [-0.1, -0.05) is 0 Å². The van der Waals surface area contributed by atoms with Crippen molar-refractivity contribution in [2.24, 2.45) is 5.73 Å². The van der Waals surface area contributed by atoms with Gasteiger partial charge in [-0.2, -0.15) is 0 Å². The van der Waals surface area contributed by atoms with Crippen molar-refractivity contribution in [3.63, 3.8) is 0 Å². The number of hydrogen-bond acceptors (Lipinski definition) is 4. The second-order valence-corrected chi connectivity index (χ2v) is 4.98. The summed E-state index contributed by atoms with van der Waals surface area (Å²) in [7, 11) is 0. The average Bonchev–Trinajstić information content (AvgIpc) is 2.81. The quantitative estimate of drug-likeness (QED) is 0.478. The number of rotatable bonds is 6. The summed E-state index contributed by atoms with van der Waals surface area (Å²) in [6.07, 6.45) is 0.442. The molecule has 118 valence electrons. The molecule has 0 aliphatic carbocycles. The normalized spacial score (nSPS) is 18.9. The molecule has 0 radical (unpaired) electrons. The van der Waals surface area contributed by atoms with E-state index in [0.29, 0.717) is 19.5 Å². The smallest absolute Gasteiger partial charge is 0.326 e. The maximum atomic E-state index is 12.0. The number of nitrogens with two attached hydrogens (primary N) is 1. The van der Waals surface area contributed by atoms with E-state index in [9.17, 15) is 19.2 Å². The van der Waals surface area contributed by atoms with Crippen LogP contribution in [0.15, 0.2) is 0 Å². The molecule has 0 aromatic rings. The summed E-state index contributed by atoms with van der Waals surface area (Å²) in [5.41, 5.74) is 4.96. The third kappa shape index (κ3) is 5.67. The SMILES string of the molecule is CC(=O)NC1CCN(C(=O)NC(CCC(N)=O)C(=O)O)C1. The molecule has 1 saturated heterocycles. The molecule has 21 heavy (non-hydrogen) atoms. The molecular weight excluding hydrogens is 280 g/mol. The molecule has 2 atom stereocenters. The molecule has 0 spiro atoms. The van der Waals surface area contributed by atoms with Gasteiger partial charge in [-0.15, -0.1) is 0 Å². The van der Waals surface area contributed by atoms with Crippen LogP contribution in [-0.2, 0) is 14.4 Å². The van der Waals surface area contributed by atoms with Gasteiger partial charge in [0.2, 0.25) is 11.8 Å². The third-order valence-corrected chi connectivity index (χ3v) is 3.16. The first-order chi connectivity index (χ1) is 9.79. The van der Waals surface area contributed by atoms with E-state index in [4.69, 9.17) is 10.8 Å². The van der Waals surface area contributed by atoms with E-state index in [-0.39, 0.29) is 24.8 Å².